The van der Waals surface area contributed by atoms with Crippen molar-refractivity contribution >= 4 is 57.1 Å². The largest absolute Gasteiger partial charge is 0.407 e. The van der Waals surface area contributed by atoms with Gasteiger partial charge in [-0.1, -0.05) is 12.1 Å². The lowest BCUT2D eigenvalue weighted by atomic mass is 10.1. The number of nitrogens with one attached hydrogen (secondary N) is 2. The summed E-state index contributed by atoms with van der Waals surface area (Å²) in [5, 5.41) is 3.48. The average Bonchev–Trinajstić information content (AvgIpc) is 3.53. The Balaban J connectivity index is 1.24. The molecule has 6 rings (SSSR count). The van der Waals surface area contributed by atoms with Gasteiger partial charge >= 0.3 is 6.18 Å². The van der Waals surface area contributed by atoms with Crippen LogP contribution in [0, 0.1) is 12.4 Å². The first-order valence-electron chi connectivity index (χ1n) is 12.4. The minimum atomic E-state index is -4.81. The van der Waals surface area contributed by atoms with Gasteiger partial charge in [-0.3, -0.25) is 14.5 Å². The van der Waals surface area contributed by atoms with Crippen LogP contribution in [0.2, 0.25) is 0 Å². The molecular formula is C29H19F4N5O2S. The van der Waals surface area contributed by atoms with Crippen LogP contribution in [0.4, 0.5) is 34.6 Å². The van der Waals surface area contributed by atoms with E-state index in [1.807, 2.05) is 6.07 Å². The van der Waals surface area contributed by atoms with Crippen LogP contribution >= 0.6 is 12.2 Å². The Morgan fingerprint density at radius 2 is 1.83 bits per heavy atom. The normalized spacial score (nSPS) is 16.0. The molecule has 12 heteroatoms. The van der Waals surface area contributed by atoms with Gasteiger partial charge in [-0.2, -0.15) is 13.2 Å². The Labute approximate surface area is 236 Å². The summed E-state index contributed by atoms with van der Waals surface area (Å²) < 4.78 is 56.0. The highest BCUT2D eigenvalue weighted by atomic mass is 32.1. The fraction of sp³-hybridized carbons (Fsp3) is 0.172. The van der Waals surface area contributed by atoms with Gasteiger partial charge in [-0.05, 0) is 73.6 Å². The fourth-order valence-corrected chi connectivity index (χ4v) is 5.56. The number of rotatable bonds is 5. The SMILES string of the molecule is [C-]#[N+]c1ccc(N2C(=O)C3(CC3)N(c3ccc(CNC(=O)c4ccc5[nH]ccc5c4)c(F)c3)C2=S)cc1C(F)(F)F. The summed E-state index contributed by atoms with van der Waals surface area (Å²) in [4.78, 5) is 34.5. The van der Waals surface area contributed by atoms with E-state index in [0.717, 1.165) is 27.9 Å². The summed E-state index contributed by atoms with van der Waals surface area (Å²) in [6, 6.07) is 14.2. The third kappa shape index (κ3) is 4.38. The predicted molar refractivity (Wildman–Crippen MR) is 148 cm³/mol. The lowest BCUT2D eigenvalue weighted by Crippen LogP contribution is -2.37. The first kappa shape index (κ1) is 26.5. The molecule has 2 heterocycles. The third-order valence-electron chi connectivity index (χ3n) is 7.35. The molecule has 1 saturated carbocycles. The highest BCUT2D eigenvalue weighted by molar-refractivity contribution is 7.81. The second-order valence-corrected chi connectivity index (χ2v) is 10.2. The zero-order valence-electron chi connectivity index (χ0n) is 21.1. The van der Waals surface area contributed by atoms with E-state index in [1.54, 1.807) is 30.5 Å². The molecule has 1 aliphatic carbocycles. The van der Waals surface area contributed by atoms with Crippen molar-refractivity contribution in [1.29, 1.82) is 0 Å². The molecule has 1 aliphatic heterocycles. The molecule has 0 unspecified atom stereocenters. The van der Waals surface area contributed by atoms with E-state index in [1.165, 1.54) is 23.1 Å². The van der Waals surface area contributed by atoms with E-state index < -0.39 is 34.7 Å². The van der Waals surface area contributed by atoms with Crippen LogP contribution in [0.15, 0.2) is 66.9 Å². The molecule has 2 aliphatic rings. The van der Waals surface area contributed by atoms with Gasteiger partial charge in [0.1, 0.15) is 11.4 Å². The number of halogens is 4. The maximum Gasteiger partial charge on any atom is 0.407 e. The number of aromatic nitrogens is 1. The van der Waals surface area contributed by atoms with Crippen molar-refractivity contribution in [3.05, 3.63) is 101 Å². The smallest absolute Gasteiger partial charge is 0.361 e. The summed E-state index contributed by atoms with van der Waals surface area (Å²) in [5.74, 6) is -1.53. The van der Waals surface area contributed by atoms with Crippen molar-refractivity contribution in [1.82, 2.24) is 10.3 Å². The minimum Gasteiger partial charge on any atom is -0.361 e. The van der Waals surface area contributed by atoms with Crippen molar-refractivity contribution in [2.45, 2.75) is 31.1 Å². The zero-order chi connectivity index (χ0) is 29.1. The molecule has 0 radical (unpaired) electrons. The summed E-state index contributed by atoms with van der Waals surface area (Å²) in [6.07, 6.45) is -2.27. The van der Waals surface area contributed by atoms with Gasteiger partial charge in [0, 0.05) is 46.1 Å². The highest BCUT2D eigenvalue weighted by Crippen LogP contribution is 2.52. The van der Waals surface area contributed by atoms with E-state index in [0.29, 0.717) is 18.4 Å². The molecule has 2 amide bonds. The second-order valence-electron chi connectivity index (χ2n) is 9.84. The maximum absolute atomic E-state index is 15.2. The number of amides is 2. The first-order valence-corrected chi connectivity index (χ1v) is 12.9. The lowest BCUT2D eigenvalue weighted by Gasteiger charge is -2.24. The number of thiocarbonyl (C=S) groups is 1. The number of nitrogens with zero attached hydrogens (tertiary/aromatic N) is 3. The molecular weight excluding hydrogens is 558 g/mol. The number of anilines is 2. The summed E-state index contributed by atoms with van der Waals surface area (Å²) in [5.41, 5.74) is -1.23. The second kappa shape index (κ2) is 9.42. The molecule has 0 atom stereocenters. The fourth-order valence-electron chi connectivity index (χ4n) is 5.09. The number of hydrogen-bond donors (Lipinski definition) is 2. The molecule has 206 valence electrons. The van der Waals surface area contributed by atoms with Crippen LogP contribution in [0.3, 0.4) is 0 Å². The summed E-state index contributed by atoms with van der Waals surface area (Å²) >= 11 is 5.54. The molecule has 41 heavy (non-hydrogen) atoms. The Morgan fingerprint density at radius 3 is 2.51 bits per heavy atom. The number of H-pyrrole nitrogens is 1. The van der Waals surface area contributed by atoms with Crippen LogP contribution < -0.4 is 15.1 Å². The van der Waals surface area contributed by atoms with E-state index in [2.05, 4.69) is 15.1 Å². The average molecular weight is 578 g/mol. The summed E-state index contributed by atoms with van der Waals surface area (Å²) in [7, 11) is 0. The Kier molecular flexibility index (Phi) is 6.08. The number of aromatic amines is 1. The van der Waals surface area contributed by atoms with Gasteiger partial charge in [0.25, 0.3) is 11.8 Å². The Hall–Kier alpha value is -4.76. The topological polar surface area (TPSA) is 72.8 Å². The van der Waals surface area contributed by atoms with Crippen LogP contribution in [-0.4, -0.2) is 27.4 Å². The molecule has 4 aromatic rings. The minimum absolute atomic E-state index is 0.0863. The monoisotopic (exact) mass is 577 g/mol. The van der Waals surface area contributed by atoms with Gasteiger partial charge in [-0.25, -0.2) is 9.24 Å². The van der Waals surface area contributed by atoms with Gasteiger partial charge in [0.15, 0.2) is 10.8 Å². The Morgan fingerprint density at radius 1 is 1.07 bits per heavy atom. The van der Waals surface area contributed by atoms with Crippen molar-refractivity contribution in [3.63, 3.8) is 0 Å². The van der Waals surface area contributed by atoms with Gasteiger partial charge in [-0.15, -0.1) is 0 Å². The number of benzene rings is 3. The van der Waals surface area contributed by atoms with Crippen LogP contribution in [0.1, 0.15) is 34.3 Å². The molecule has 7 nitrogen and oxygen atoms in total. The molecule has 1 spiro atoms. The molecule has 1 aromatic heterocycles. The van der Waals surface area contributed by atoms with Crippen LogP contribution in [-0.2, 0) is 17.5 Å². The van der Waals surface area contributed by atoms with Crippen molar-refractivity contribution < 1.29 is 27.2 Å². The lowest BCUT2D eigenvalue weighted by molar-refractivity contribution is -0.136. The van der Waals surface area contributed by atoms with Gasteiger partial charge < -0.3 is 15.2 Å². The van der Waals surface area contributed by atoms with E-state index in [-0.39, 0.29) is 34.5 Å². The molecule has 0 bridgehead atoms. The van der Waals surface area contributed by atoms with Crippen LogP contribution in [0.25, 0.3) is 15.7 Å². The zero-order valence-corrected chi connectivity index (χ0v) is 21.9. The number of alkyl halides is 3. The molecule has 2 fully saturated rings. The van der Waals surface area contributed by atoms with Crippen molar-refractivity contribution in [3.8, 4) is 0 Å². The number of fused-ring (bicyclic) bond motifs is 1. The number of hydrogen-bond acceptors (Lipinski definition) is 3. The predicted octanol–water partition coefficient (Wildman–Crippen LogP) is 6.48. The maximum atomic E-state index is 15.2. The van der Waals surface area contributed by atoms with Gasteiger partial charge in [0.05, 0.1) is 12.1 Å². The molecule has 3 aromatic carbocycles. The van der Waals surface area contributed by atoms with Gasteiger partial charge in [0.2, 0.25) is 0 Å². The first-order chi connectivity index (χ1) is 19.5. The standard InChI is InChI=1S/C29H19F4N5O2S/c1-34-24-7-5-19(13-21(24)29(31,32)33)37-26(40)28(9-10-28)38(27(37)41)20-4-2-18(22(30)14-20)15-36-25(39)17-3-6-23-16(12-17)8-11-35-23/h2-8,11-14,35H,9-10,15H2,(H,36,39). The van der Waals surface area contributed by atoms with Crippen molar-refractivity contribution in [2.24, 2.45) is 0 Å². The number of carbonyl (C=O) groups is 2. The summed E-state index contributed by atoms with van der Waals surface area (Å²) in [6.45, 7) is 6.96. The quantitative estimate of drug-likeness (QED) is 0.162. The third-order valence-corrected chi connectivity index (χ3v) is 7.71. The highest BCUT2D eigenvalue weighted by Gasteiger charge is 2.64. The number of carbonyl (C=O) groups excluding carboxylic acids is 2. The molecule has 1 saturated heterocycles. The van der Waals surface area contributed by atoms with E-state index in [9.17, 15) is 22.8 Å². The van der Waals surface area contributed by atoms with Crippen LogP contribution in [0.5, 0.6) is 0 Å². The van der Waals surface area contributed by atoms with E-state index in [4.69, 9.17) is 18.8 Å². The Bertz CT molecular complexity index is 1800. The molecule has 2 N–H and O–H groups in total. The van der Waals surface area contributed by atoms with Crippen molar-refractivity contribution in [2.75, 3.05) is 9.80 Å². The van der Waals surface area contributed by atoms with E-state index >= 15 is 4.39 Å².